The van der Waals surface area contributed by atoms with E-state index < -0.39 is 0 Å². The fourth-order valence-electron chi connectivity index (χ4n) is 1.16. The van der Waals surface area contributed by atoms with Gasteiger partial charge in [-0.1, -0.05) is 0 Å². The van der Waals surface area contributed by atoms with Gasteiger partial charge in [0.1, 0.15) is 0 Å². The van der Waals surface area contributed by atoms with Crippen LogP contribution in [0.1, 0.15) is 21.0 Å². The van der Waals surface area contributed by atoms with Crippen molar-refractivity contribution >= 4 is 17.1 Å². The van der Waals surface area contributed by atoms with Crippen LogP contribution in [0.2, 0.25) is 0 Å². The summed E-state index contributed by atoms with van der Waals surface area (Å²) in [5.41, 5.74) is 0.736. The van der Waals surface area contributed by atoms with Crippen molar-refractivity contribution in [1.29, 1.82) is 0 Å². The number of carbonyl (C=O) groups excluding carboxylic acids is 1. The van der Waals surface area contributed by atoms with Crippen molar-refractivity contribution in [2.24, 2.45) is 0 Å². The Hall–Kier alpha value is -1.35. The van der Waals surface area contributed by atoms with Crippen LogP contribution in [0, 0.1) is 6.92 Å². The van der Waals surface area contributed by atoms with Crippen LogP contribution in [0.4, 0.5) is 0 Å². The van der Waals surface area contributed by atoms with E-state index in [0.717, 1.165) is 10.4 Å². The molecular weight excluding hydrogens is 184 g/mol. The van der Waals surface area contributed by atoms with Crippen LogP contribution < -0.4 is 0 Å². The third-order valence-corrected chi connectivity index (χ3v) is 2.69. The van der Waals surface area contributed by atoms with Crippen molar-refractivity contribution in [1.82, 2.24) is 0 Å². The molecule has 2 aromatic rings. The lowest BCUT2D eigenvalue weighted by Gasteiger charge is -1.94. The Balaban J connectivity index is 2.39. The van der Waals surface area contributed by atoms with Crippen molar-refractivity contribution in [2.75, 3.05) is 0 Å². The summed E-state index contributed by atoms with van der Waals surface area (Å²) >= 11 is 1.57. The van der Waals surface area contributed by atoms with Gasteiger partial charge in [-0.3, -0.25) is 4.79 Å². The third-order valence-electron chi connectivity index (χ3n) is 1.85. The molecule has 0 aliphatic carbocycles. The monoisotopic (exact) mass is 192 g/mol. The fourth-order valence-corrected chi connectivity index (χ4v) is 1.86. The highest BCUT2D eigenvalue weighted by Gasteiger charge is 2.14. The number of rotatable bonds is 2. The first kappa shape index (κ1) is 8.26. The van der Waals surface area contributed by atoms with Crippen molar-refractivity contribution in [3.05, 3.63) is 46.0 Å². The number of thiophene rings is 1. The van der Waals surface area contributed by atoms with Crippen molar-refractivity contribution in [3.8, 4) is 0 Å². The number of furan rings is 1. The molecule has 2 rings (SSSR count). The average molecular weight is 192 g/mol. The molecule has 0 unspecified atom stereocenters. The van der Waals surface area contributed by atoms with Gasteiger partial charge in [0.2, 0.25) is 5.78 Å². The summed E-state index contributed by atoms with van der Waals surface area (Å²) in [5, 5.41) is 1.91. The Labute approximate surface area is 79.8 Å². The van der Waals surface area contributed by atoms with Gasteiger partial charge in [-0.2, -0.15) is 0 Å². The summed E-state index contributed by atoms with van der Waals surface area (Å²) in [7, 11) is 0. The SMILES string of the molecule is Cc1sccc1C(=O)c1ccco1. The van der Waals surface area contributed by atoms with Gasteiger partial charge in [0.15, 0.2) is 5.76 Å². The maximum absolute atomic E-state index is 11.7. The number of hydrogen-bond acceptors (Lipinski definition) is 3. The Morgan fingerprint density at radius 1 is 1.46 bits per heavy atom. The largest absolute Gasteiger partial charge is 0.461 e. The first-order valence-corrected chi connectivity index (χ1v) is 4.79. The smallest absolute Gasteiger partial charge is 0.229 e. The molecular formula is C10H8O2S. The van der Waals surface area contributed by atoms with Gasteiger partial charge in [0, 0.05) is 10.4 Å². The summed E-state index contributed by atoms with van der Waals surface area (Å²) in [5.74, 6) is 0.366. The van der Waals surface area contributed by atoms with Crippen molar-refractivity contribution in [3.63, 3.8) is 0 Å². The topological polar surface area (TPSA) is 30.2 Å². The van der Waals surface area contributed by atoms with Gasteiger partial charge < -0.3 is 4.42 Å². The zero-order valence-electron chi connectivity index (χ0n) is 7.11. The Morgan fingerprint density at radius 2 is 2.31 bits per heavy atom. The van der Waals surface area contributed by atoms with Crippen LogP contribution in [0.5, 0.6) is 0 Å². The molecule has 0 atom stereocenters. The molecule has 0 amide bonds. The van der Waals surface area contributed by atoms with E-state index >= 15 is 0 Å². The van der Waals surface area contributed by atoms with E-state index in [1.165, 1.54) is 6.26 Å². The van der Waals surface area contributed by atoms with Crippen LogP contribution in [0.3, 0.4) is 0 Å². The second kappa shape index (κ2) is 3.18. The minimum Gasteiger partial charge on any atom is -0.461 e. The molecule has 2 heterocycles. The van der Waals surface area contributed by atoms with Gasteiger partial charge in [0.25, 0.3) is 0 Å². The minimum atomic E-state index is -0.0382. The molecule has 0 aliphatic heterocycles. The lowest BCUT2D eigenvalue weighted by molar-refractivity contribution is 0.101. The lowest BCUT2D eigenvalue weighted by Crippen LogP contribution is -1.98. The summed E-state index contributed by atoms with van der Waals surface area (Å²) in [6.45, 7) is 1.93. The normalized spacial score (nSPS) is 10.2. The van der Waals surface area contributed by atoms with Gasteiger partial charge in [-0.25, -0.2) is 0 Å². The Kier molecular flexibility index (Phi) is 2.02. The molecule has 3 heteroatoms. The maximum atomic E-state index is 11.7. The molecule has 0 bridgehead atoms. The fraction of sp³-hybridized carbons (Fsp3) is 0.100. The highest BCUT2D eigenvalue weighted by molar-refractivity contribution is 7.10. The quantitative estimate of drug-likeness (QED) is 0.685. The molecule has 0 radical (unpaired) electrons. The molecule has 13 heavy (non-hydrogen) atoms. The van der Waals surface area contributed by atoms with E-state index in [1.807, 2.05) is 18.4 Å². The standard InChI is InChI=1S/C10H8O2S/c1-7-8(4-6-13-7)10(11)9-3-2-5-12-9/h2-6H,1H3. The number of ketones is 1. The highest BCUT2D eigenvalue weighted by atomic mass is 32.1. The van der Waals surface area contributed by atoms with Crippen LogP contribution in [-0.2, 0) is 0 Å². The zero-order chi connectivity index (χ0) is 9.26. The highest BCUT2D eigenvalue weighted by Crippen LogP contribution is 2.18. The average Bonchev–Trinajstić information content (AvgIpc) is 2.72. The molecule has 0 fully saturated rings. The van der Waals surface area contributed by atoms with E-state index in [4.69, 9.17) is 4.42 Å². The minimum absolute atomic E-state index is 0.0382. The molecule has 2 aromatic heterocycles. The van der Waals surface area contributed by atoms with Gasteiger partial charge in [-0.05, 0) is 30.5 Å². The molecule has 0 saturated heterocycles. The van der Waals surface area contributed by atoms with Crippen LogP contribution >= 0.6 is 11.3 Å². The molecule has 0 spiro atoms. The van der Waals surface area contributed by atoms with Gasteiger partial charge in [0.05, 0.1) is 6.26 Å². The zero-order valence-corrected chi connectivity index (χ0v) is 7.93. The predicted molar refractivity (Wildman–Crippen MR) is 51.2 cm³/mol. The Morgan fingerprint density at radius 3 is 2.85 bits per heavy atom. The summed E-state index contributed by atoms with van der Waals surface area (Å²) in [6.07, 6.45) is 1.51. The summed E-state index contributed by atoms with van der Waals surface area (Å²) in [4.78, 5) is 12.7. The van der Waals surface area contributed by atoms with Gasteiger partial charge >= 0.3 is 0 Å². The molecule has 0 aliphatic rings. The van der Waals surface area contributed by atoms with Crippen molar-refractivity contribution < 1.29 is 9.21 Å². The maximum Gasteiger partial charge on any atom is 0.229 e. The first-order valence-electron chi connectivity index (χ1n) is 3.91. The predicted octanol–water partition coefficient (Wildman–Crippen LogP) is 2.88. The third kappa shape index (κ3) is 1.42. The van der Waals surface area contributed by atoms with Crippen molar-refractivity contribution in [2.45, 2.75) is 6.92 Å². The second-order valence-electron chi connectivity index (χ2n) is 2.70. The van der Waals surface area contributed by atoms with E-state index in [9.17, 15) is 4.79 Å². The first-order chi connectivity index (χ1) is 6.29. The van der Waals surface area contributed by atoms with E-state index in [2.05, 4.69) is 0 Å². The van der Waals surface area contributed by atoms with E-state index in [-0.39, 0.29) is 5.78 Å². The lowest BCUT2D eigenvalue weighted by atomic mass is 10.1. The molecule has 2 nitrogen and oxygen atoms in total. The van der Waals surface area contributed by atoms with Crippen LogP contribution in [-0.4, -0.2) is 5.78 Å². The molecule has 0 aromatic carbocycles. The summed E-state index contributed by atoms with van der Waals surface area (Å²) < 4.78 is 5.03. The van der Waals surface area contributed by atoms with E-state index in [0.29, 0.717) is 5.76 Å². The van der Waals surface area contributed by atoms with Crippen LogP contribution in [0.25, 0.3) is 0 Å². The number of aryl methyl sites for hydroxylation is 1. The molecule has 0 saturated carbocycles. The van der Waals surface area contributed by atoms with Gasteiger partial charge in [-0.15, -0.1) is 11.3 Å². The number of carbonyl (C=O) groups is 1. The summed E-state index contributed by atoms with van der Waals surface area (Å²) in [6, 6.07) is 5.22. The second-order valence-corrected chi connectivity index (χ2v) is 3.82. The molecule has 0 N–H and O–H groups in total. The molecule has 66 valence electrons. The van der Waals surface area contributed by atoms with Crippen LogP contribution in [0.15, 0.2) is 34.3 Å². The number of hydrogen-bond donors (Lipinski definition) is 0. The van der Waals surface area contributed by atoms with E-state index in [1.54, 1.807) is 23.5 Å². The Bertz CT molecular complexity index is 412.